The molecule has 1 fully saturated rings. The third-order valence-corrected chi connectivity index (χ3v) is 7.35. The van der Waals surface area contributed by atoms with Gasteiger partial charge in [0.2, 0.25) is 5.95 Å². The van der Waals surface area contributed by atoms with Crippen molar-refractivity contribution in [1.29, 1.82) is 0 Å². The zero-order valence-electron chi connectivity index (χ0n) is 26.7. The smallest absolute Gasteiger partial charge is 0.461 e. The number of likely N-dealkylation sites (N-methyl/N-ethyl adjacent to an activating group) is 1. The zero-order chi connectivity index (χ0) is 34.1. The zero-order valence-corrected chi connectivity index (χ0v) is 26.7. The van der Waals surface area contributed by atoms with Crippen LogP contribution in [0.4, 0.5) is 41.0 Å². The number of benzene rings is 1. The summed E-state index contributed by atoms with van der Waals surface area (Å²) in [5.74, 6) is -1.37. The molecule has 4 heterocycles. The van der Waals surface area contributed by atoms with Crippen molar-refractivity contribution < 1.29 is 42.1 Å². The minimum atomic E-state index is -4.97. The molecular weight excluding hydrogens is 625 g/mol. The number of amides is 1. The fourth-order valence-electron chi connectivity index (χ4n) is 5.28. The van der Waals surface area contributed by atoms with Gasteiger partial charge in [-0.15, -0.1) is 13.2 Å². The highest BCUT2D eigenvalue weighted by atomic mass is 19.4. The number of fused-ring (bicyclic) bond motifs is 3. The molecule has 0 aliphatic carbocycles. The van der Waals surface area contributed by atoms with E-state index in [0.717, 1.165) is 13.1 Å². The van der Waals surface area contributed by atoms with Gasteiger partial charge in [-0.2, -0.15) is 5.10 Å². The maximum atomic E-state index is 13.4. The molecular formula is C30H37F3N8O6. The average Bonchev–Trinajstić information content (AvgIpc) is 3.35. The molecule has 2 aliphatic heterocycles. The van der Waals surface area contributed by atoms with E-state index in [1.807, 2.05) is 11.9 Å². The minimum Gasteiger partial charge on any atom is -0.461 e. The van der Waals surface area contributed by atoms with E-state index < -0.39 is 29.8 Å². The summed E-state index contributed by atoms with van der Waals surface area (Å²) < 4.78 is 56.7. The maximum Gasteiger partial charge on any atom is 0.573 e. The number of carbonyl (C=O) groups is 2. The van der Waals surface area contributed by atoms with Gasteiger partial charge in [0.15, 0.2) is 11.4 Å². The summed E-state index contributed by atoms with van der Waals surface area (Å²) in [7, 11) is 2.00. The summed E-state index contributed by atoms with van der Waals surface area (Å²) in [4.78, 5) is 40.7. The van der Waals surface area contributed by atoms with Crippen LogP contribution < -0.4 is 19.9 Å². The number of aliphatic hydroxyl groups excluding tert-OH is 1. The average molecular weight is 663 g/mol. The summed E-state index contributed by atoms with van der Waals surface area (Å²) in [5, 5.41) is 17.0. The highest BCUT2D eigenvalue weighted by molar-refractivity contribution is 5.99. The van der Waals surface area contributed by atoms with Crippen molar-refractivity contribution in [2.24, 2.45) is 0 Å². The number of halogens is 3. The van der Waals surface area contributed by atoms with Crippen molar-refractivity contribution in [3.05, 3.63) is 35.7 Å². The third kappa shape index (κ3) is 7.68. The molecule has 1 aromatic carbocycles. The Morgan fingerprint density at radius 1 is 1.11 bits per heavy atom. The first-order valence-electron chi connectivity index (χ1n) is 15.0. The lowest BCUT2D eigenvalue weighted by Gasteiger charge is -2.34. The van der Waals surface area contributed by atoms with E-state index in [4.69, 9.17) is 9.47 Å². The van der Waals surface area contributed by atoms with Crippen LogP contribution in [0, 0.1) is 0 Å². The number of rotatable bonds is 8. The summed E-state index contributed by atoms with van der Waals surface area (Å²) in [6, 6.07) is 4.31. The topological polar surface area (TPSA) is 147 Å². The Balaban J connectivity index is 1.61. The highest BCUT2D eigenvalue weighted by Crippen LogP contribution is 2.42. The van der Waals surface area contributed by atoms with Gasteiger partial charge in [0.05, 0.1) is 49.6 Å². The van der Waals surface area contributed by atoms with Crippen molar-refractivity contribution in [2.45, 2.75) is 52.7 Å². The minimum absolute atomic E-state index is 0.0307. The van der Waals surface area contributed by atoms with E-state index in [1.54, 1.807) is 33.8 Å². The molecule has 14 nitrogen and oxygen atoms in total. The molecule has 47 heavy (non-hydrogen) atoms. The quantitative estimate of drug-likeness (QED) is 0.334. The van der Waals surface area contributed by atoms with Gasteiger partial charge in [0.1, 0.15) is 11.3 Å². The molecule has 0 bridgehead atoms. The Bertz CT molecular complexity index is 1630. The van der Waals surface area contributed by atoms with Gasteiger partial charge < -0.3 is 34.4 Å². The Morgan fingerprint density at radius 3 is 2.47 bits per heavy atom. The second-order valence-electron chi connectivity index (χ2n) is 12.0. The number of hydrogen-bond acceptors (Lipinski definition) is 12. The number of aliphatic hydroxyl groups is 1. The molecule has 0 unspecified atom stereocenters. The van der Waals surface area contributed by atoms with Crippen LogP contribution in [0.1, 0.15) is 43.7 Å². The predicted octanol–water partition coefficient (Wildman–Crippen LogP) is 4.16. The van der Waals surface area contributed by atoms with Crippen LogP contribution in [0.15, 0.2) is 24.4 Å². The molecule has 17 heteroatoms. The largest absolute Gasteiger partial charge is 0.573 e. The monoisotopic (exact) mass is 662 g/mol. The first kappa shape index (κ1) is 33.7. The second kappa shape index (κ2) is 13.2. The van der Waals surface area contributed by atoms with E-state index >= 15 is 0 Å². The lowest BCUT2D eigenvalue weighted by Crippen LogP contribution is -2.44. The number of alkyl halides is 3. The Labute approximate surface area is 269 Å². The van der Waals surface area contributed by atoms with Crippen molar-refractivity contribution in [3.63, 3.8) is 0 Å². The van der Waals surface area contributed by atoms with Crippen molar-refractivity contribution >= 4 is 35.1 Å². The first-order valence-corrected chi connectivity index (χ1v) is 15.0. The molecule has 1 amide bonds. The molecule has 0 saturated carbocycles. The van der Waals surface area contributed by atoms with Gasteiger partial charge >= 0.3 is 18.4 Å². The van der Waals surface area contributed by atoms with Crippen LogP contribution >= 0.6 is 0 Å². The van der Waals surface area contributed by atoms with Gasteiger partial charge in [0.25, 0.3) is 0 Å². The molecule has 0 radical (unpaired) electrons. The van der Waals surface area contributed by atoms with Crippen LogP contribution in [0.2, 0.25) is 0 Å². The normalized spacial score (nSPS) is 15.2. The molecule has 0 spiro atoms. The first-order chi connectivity index (χ1) is 22.2. The molecule has 2 aromatic heterocycles. The van der Waals surface area contributed by atoms with E-state index in [0.29, 0.717) is 24.5 Å². The van der Waals surface area contributed by atoms with Crippen molar-refractivity contribution in [2.75, 3.05) is 61.6 Å². The number of ether oxygens (including phenoxy) is 3. The van der Waals surface area contributed by atoms with Gasteiger partial charge in [-0.3, -0.25) is 9.58 Å². The van der Waals surface area contributed by atoms with Gasteiger partial charge in [0, 0.05) is 37.4 Å². The fraction of sp³-hybridized carbons (Fsp3) is 0.500. The molecule has 254 valence electrons. The van der Waals surface area contributed by atoms with E-state index in [9.17, 15) is 27.9 Å². The Kier molecular flexibility index (Phi) is 9.49. The summed E-state index contributed by atoms with van der Waals surface area (Å²) >= 11 is 0. The van der Waals surface area contributed by atoms with Gasteiger partial charge in [-0.05, 0) is 52.9 Å². The standard InChI is InChI=1S/C30H37F3N8O6/c1-6-45-26(43)23-19-17-40(28(44)47-29(2,3)4)21-16-34-27(36-24(21)25(19)41(37-23)13-14-42)35-20-15-18(39-11-9-38(5)10-12-39)7-8-22(20)46-30(31,32)33/h7-8,15-16,42H,6,9-14,17H2,1-5H3,(H,34,35,36). The summed E-state index contributed by atoms with van der Waals surface area (Å²) in [6.45, 7) is 9.19. The van der Waals surface area contributed by atoms with Crippen LogP contribution in [0.5, 0.6) is 5.75 Å². The lowest BCUT2D eigenvalue weighted by atomic mass is 10.0. The van der Waals surface area contributed by atoms with Crippen molar-refractivity contribution in [1.82, 2.24) is 24.6 Å². The SMILES string of the molecule is CCOC(=O)c1nn(CCO)c2c1CN(C(=O)OC(C)(C)C)c1cnc(Nc3cc(N4CCN(C)CC4)ccc3OC(F)(F)F)nc1-2. The predicted molar refractivity (Wildman–Crippen MR) is 165 cm³/mol. The number of nitrogens with one attached hydrogen (secondary N) is 1. The van der Waals surface area contributed by atoms with Crippen molar-refractivity contribution in [3.8, 4) is 17.1 Å². The second-order valence-corrected chi connectivity index (χ2v) is 12.0. The number of aromatic nitrogens is 4. The van der Waals surface area contributed by atoms with E-state index in [2.05, 4.69) is 30.0 Å². The molecule has 2 aliphatic rings. The summed E-state index contributed by atoms with van der Waals surface area (Å²) in [6.07, 6.45) is -4.39. The van der Waals surface area contributed by atoms with Crippen LogP contribution in [-0.4, -0.2) is 100 Å². The Hall–Kier alpha value is -4.64. The number of hydrogen-bond donors (Lipinski definition) is 2. The van der Waals surface area contributed by atoms with Crippen LogP contribution in [0.3, 0.4) is 0 Å². The van der Waals surface area contributed by atoms with Crippen LogP contribution in [0.25, 0.3) is 11.4 Å². The number of nitrogens with zero attached hydrogens (tertiary/aromatic N) is 7. The molecule has 0 atom stereocenters. The highest BCUT2D eigenvalue weighted by Gasteiger charge is 2.38. The van der Waals surface area contributed by atoms with E-state index in [1.165, 1.54) is 27.9 Å². The number of anilines is 4. The third-order valence-electron chi connectivity index (χ3n) is 7.35. The van der Waals surface area contributed by atoms with E-state index in [-0.39, 0.29) is 60.6 Å². The lowest BCUT2D eigenvalue weighted by molar-refractivity contribution is -0.274. The Morgan fingerprint density at radius 2 is 1.83 bits per heavy atom. The molecule has 2 N–H and O–H groups in total. The maximum absolute atomic E-state index is 13.4. The van der Waals surface area contributed by atoms with Gasteiger partial charge in [-0.1, -0.05) is 0 Å². The number of carbonyl (C=O) groups excluding carboxylic acids is 2. The number of esters is 1. The summed E-state index contributed by atoms with van der Waals surface area (Å²) in [5.41, 5.74) is 0.599. The van der Waals surface area contributed by atoms with Crippen LogP contribution in [-0.2, 0) is 22.6 Å². The molecule has 5 rings (SSSR count). The molecule has 1 saturated heterocycles. The van der Waals surface area contributed by atoms with Gasteiger partial charge in [-0.25, -0.2) is 19.6 Å². The molecule has 3 aromatic rings. The number of piperazine rings is 1. The fourth-order valence-corrected chi connectivity index (χ4v) is 5.28.